The molecule has 0 unspecified atom stereocenters. The molecule has 1 aliphatic rings. The summed E-state index contributed by atoms with van der Waals surface area (Å²) in [5.74, 6) is 0.749. The number of nitrogens with zero attached hydrogens (tertiary/aromatic N) is 1. The number of methoxy groups -OCH3 is 1. The van der Waals surface area contributed by atoms with Crippen LogP contribution in [0.2, 0.25) is 0 Å². The molecule has 0 saturated carbocycles. The van der Waals surface area contributed by atoms with Crippen molar-refractivity contribution in [3.8, 4) is 0 Å². The van der Waals surface area contributed by atoms with Crippen molar-refractivity contribution in [3.05, 3.63) is 0 Å². The summed E-state index contributed by atoms with van der Waals surface area (Å²) in [7, 11) is 1.75. The second-order valence-electron chi connectivity index (χ2n) is 4.00. The Morgan fingerprint density at radius 1 is 1.38 bits per heavy atom. The molecule has 0 N–H and O–H groups in total. The first-order valence-corrected chi connectivity index (χ1v) is 5.05. The Hall–Kier alpha value is -0.120. The largest absolute Gasteiger partial charge is 0.383 e. The number of hydrogen-bond acceptors (Lipinski definition) is 3. The van der Waals surface area contributed by atoms with E-state index < -0.39 is 0 Å². The van der Waals surface area contributed by atoms with Gasteiger partial charge >= 0.3 is 0 Å². The number of likely N-dealkylation sites (tertiary alicyclic amines) is 1. The van der Waals surface area contributed by atoms with Gasteiger partial charge in [-0.1, -0.05) is 0 Å². The van der Waals surface area contributed by atoms with Crippen LogP contribution in [0.4, 0.5) is 0 Å². The zero-order valence-electron chi connectivity index (χ0n) is 8.95. The Labute approximate surface area is 81.0 Å². The second kappa shape index (κ2) is 5.58. The third-order valence-electron chi connectivity index (χ3n) is 2.31. The first-order valence-electron chi connectivity index (χ1n) is 5.05. The highest BCUT2D eigenvalue weighted by molar-refractivity contribution is 4.79. The predicted molar refractivity (Wildman–Crippen MR) is 52.9 cm³/mol. The van der Waals surface area contributed by atoms with Crippen molar-refractivity contribution < 1.29 is 9.47 Å². The molecule has 1 aliphatic heterocycles. The van der Waals surface area contributed by atoms with Gasteiger partial charge in [0.05, 0.1) is 19.3 Å². The van der Waals surface area contributed by atoms with Crippen LogP contribution in [-0.2, 0) is 9.47 Å². The molecule has 1 rings (SSSR count). The zero-order valence-corrected chi connectivity index (χ0v) is 8.95. The lowest BCUT2D eigenvalue weighted by Gasteiger charge is -2.39. The summed E-state index contributed by atoms with van der Waals surface area (Å²) in [6.45, 7) is 9.35. The normalized spacial score (nSPS) is 19.4. The first-order chi connectivity index (χ1) is 6.22. The molecular weight excluding hydrogens is 166 g/mol. The van der Waals surface area contributed by atoms with Gasteiger partial charge < -0.3 is 14.4 Å². The predicted octanol–water partition coefficient (Wildman–Crippen LogP) is 0.990. The van der Waals surface area contributed by atoms with Crippen LogP contribution in [0.5, 0.6) is 0 Å². The van der Waals surface area contributed by atoms with Crippen molar-refractivity contribution in [2.24, 2.45) is 5.92 Å². The van der Waals surface area contributed by atoms with Crippen LogP contribution < -0.4 is 0 Å². The molecule has 1 fully saturated rings. The molecule has 3 nitrogen and oxygen atoms in total. The van der Waals surface area contributed by atoms with Crippen molar-refractivity contribution in [3.63, 3.8) is 0 Å². The van der Waals surface area contributed by atoms with Gasteiger partial charge in [0.25, 0.3) is 0 Å². The van der Waals surface area contributed by atoms with E-state index >= 15 is 0 Å². The summed E-state index contributed by atoms with van der Waals surface area (Å²) in [6.07, 6.45) is 0.369. The van der Waals surface area contributed by atoms with Gasteiger partial charge in [0.2, 0.25) is 0 Å². The summed E-state index contributed by atoms with van der Waals surface area (Å²) in [4.78, 5) is 2.40. The fourth-order valence-corrected chi connectivity index (χ4v) is 1.51. The van der Waals surface area contributed by atoms with Gasteiger partial charge in [-0.25, -0.2) is 0 Å². The number of hydrogen-bond donors (Lipinski definition) is 0. The Bertz CT molecular complexity index is 133. The number of ether oxygens (including phenoxy) is 2. The van der Waals surface area contributed by atoms with Crippen molar-refractivity contribution in [1.82, 2.24) is 4.90 Å². The Morgan fingerprint density at radius 2 is 2.08 bits per heavy atom. The van der Waals surface area contributed by atoms with E-state index in [1.807, 2.05) is 0 Å². The molecule has 3 heteroatoms. The summed E-state index contributed by atoms with van der Waals surface area (Å²) >= 11 is 0. The highest BCUT2D eigenvalue weighted by atomic mass is 16.5. The molecule has 0 radical (unpaired) electrons. The molecule has 0 spiro atoms. The Kier molecular flexibility index (Phi) is 4.70. The molecule has 0 aromatic rings. The molecular formula is C10H21NO2. The molecule has 0 amide bonds. The van der Waals surface area contributed by atoms with Crippen LogP contribution >= 0.6 is 0 Å². The third-order valence-corrected chi connectivity index (χ3v) is 2.31. The molecule has 0 bridgehead atoms. The lowest BCUT2D eigenvalue weighted by Crippen LogP contribution is -2.49. The molecule has 0 aromatic carbocycles. The fourth-order valence-electron chi connectivity index (χ4n) is 1.51. The van der Waals surface area contributed by atoms with Gasteiger partial charge in [-0.15, -0.1) is 0 Å². The van der Waals surface area contributed by atoms with E-state index in [1.165, 1.54) is 13.1 Å². The third kappa shape index (κ3) is 4.07. The summed E-state index contributed by atoms with van der Waals surface area (Å²) < 4.78 is 10.5. The lowest BCUT2D eigenvalue weighted by atomic mass is 10.0. The molecule has 0 atom stereocenters. The minimum atomic E-state index is 0.369. The average Bonchev–Trinajstić information content (AvgIpc) is 2.00. The van der Waals surface area contributed by atoms with Crippen molar-refractivity contribution in [2.45, 2.75) is 20.0 Å². The van der Waals surface area contributed by atoms with Crippen LogP contribution in [0.25, 0.3) is 0 Å². The van der Waals surface area contributed by atoms with Gasteiger partial charge in [0.15, 0.2) is 0 Å². The molecule has 1 saturated heterocycles. The van der Waals surface area contributed by atoms with E-state index in [0.29, 0.717) is 6.10 Å². The Morgan fingerprint density at radius 3 is 2.62 bits per heavy atom. The van der Waals surface area contributed by atoms with Crippen LogP contribution in [0.3, 0.4) is 0 Å². The van der Waals surface area contributed by atoms with Gasteiger partial charge in [-0.3, -0.25) is 0 Å². The van der Waals surface area contributed by atoms with Crippen LogP contribution in [0.15, 0.2) is 0 Å². The smallest absolute Gasteiger partial charge is 0.0589 e. The zero-order chi connectivity index (χ0) is 9.68. The summed E-state index contributed by atoms with van der Waals surface area (Å²) in [6, 6.07) is 0. The highest BCUT2D eigenvalue weighted by Gasteiger charge is 2.26. The first kappa shape index (κ1) is 11.0. The molecule has 0 aromatic heterocycles. The quantitative estimate of drug-likeness (QED) is 0.619. The van der Waals surface area contributed by atoms with E-state index in [4.69, 9.17) is 9.47 Å². The minimum absolute atomic E-state index is 0.369. The van der Waals surface area contributed by atoms with Crippen LogP contribution in [0, 0.1) is 5.92 Å². The molecule has 1 heterocycles. The van der Waals surface area contributed by atoms with Crippen molar-refractivity contribution in [2.75, 3.05) is 40.0 Å². The van der Waals surface area contributed by atoms with E-state index in [1.54, 1.807) is 7.11 Å². The molecule has 13 heavy (non-hydrogen) atoms. The van der Waals surface area contributed by atoms with Gasteiger partial charge in [-0.05, 0) is 13.8 Å². The second-order valence-corrected chi connectivity index (χ2v) is 4.00. The fraction of sp³-hybridized carbons (Fsp3) is 1.00. The van der Waals surface area contributed by atoms with Crippen molar-refractivity contribution >= 4 is 0 Å². The number of rotatable bonds is 6. The minimum Gasteiger partial charge on any atom is -0.383 e. The van der Waals surface area contributed by atoms with Gasteiger partial charge in [-0.2, -0.15) is 0 Å². The maximum absolute atomic E-state index is 5.54. The lowest BCUT2D eigenvalue weighted by molar-refractivity contribution is -0.0163. The average molecular weight is 187 g/mol. The van der Waals surface area contributed by atoms with Crippen LogP contribution in [-0.4, -0.2) is 51.0 Å². The van der Waals surface area contributed by atoms with Gasteiger partial charge in [0.1, 0.15) is 0 Å². The topological polar surface area (TPSA) is 21.7 Å². The standard InChI is InChI=1S/C10H21NO2/c1-9(2)13-8-10-6-11(7-10)4-5-12-3/h9-10H,4-8H2,1-3H3. The molecule has 0 aliphatic carbocycles. The Balaban J connectivity index is 1.92. The summed E-state index contributed by atoms with van der Waals surface area (Å²) in [5.41, 5.74) is 0. The SMILES string of the molecule is COCCN1CC(COC(C)C)C1. The van der Waals surface area contributed by atoms with Gasteiger partial charge in [0, 0.05) is 32.7 Å². The monoisotopic (exact) mass is 187 g/mol. The van der Waals surface area contributed by atoms with E-state index in [0.717, 1.165) is 25.7 Å². The molecule has 78 valence electrons. The van der Waals surface area contributed by atoms with E-state index in [-0.39, 0.29) is 0 Å². The highest BCUT2D eigenvalue weighted by Crippen LogP contribution is 2.15. The summed E-state index contributed by atoms with van der Waals surface area (Å²) in [5, 5.41) is 0. The van der Waals surface area contributed by atoms with E-state index in [2.05, 4.69) is 18.7 Å². The van der Waals surface area contributed by atoms with Crippen molar-refractivity contribution in [1.29, 1.82) is 0 Å². The maximum Gasteiger partial charge on any atom is 0.0589 e. The van der Waals surface area contributed by atoms with E-state index in [9.17, 15) is 0 Å². The maximum atomic E-state index is 5.54. The van der Waals surface area contributed by atoms with Crippen LogP contribution in [0.1, 0.15) is 13.8 Å².